The van der Waals surface area contributed by atoms with E-state index in [9.17, 15) is 18.0 Å². The highest BCUT2D eigenvalue weighted by Crippen LogP contribution is 2.29. The molecule has 1 fully saturated rings. The van der Waals surface area contributed by atoms with Gasteiger partial charge < -0.3 is 9.80 Å². The van der Waals surface area contributed by atoms with E-state index in [1.165, 1.54) is 11.0 Å². The lowest BCUT2D eigenvalue weighted by Crippen LogP contribution is -2.51. The van der Waals surface area contributed by atoms with Gasteiger partial charge in [-0.25, -0.2) is 8.42 Å². The van der Waals surface area contributed by atoms with Gasteiger partial charge in [-0.3, -0.25) is 9.59 Å². The summed E-state index contributed by atoms with van der Waals surface area (Å²) in [6, 6.07) is 16.2. The van der Waals surface area contributed by atoms with E-state index < -0.39 is 22.1 Å². The predicted molar refractivity (Wildman–Crippen MR) is 136 cm³/mol. The summed E-state index contributed by atoms with van der Waals surface area (Å²) in [4.78, 5) is 29.8. The van der Waals surface area contributed by atoms with Crippen molar-refractivity contribution in [2.75, 3.05) is 18.0 Å². The molecule has 0 aliphatic carbocycles. The molecule has 182 valence electrons. The van der Waals surface area contributed by atoms with Crippen LogP contribution in [0.5, 0.6) is 0 Å². The van der Waals surface area contributed by atoms with Crippen molar-refractivity contribution >= 4 is 49.9 Å². The quantitative estimate of drug-likeness (QED) is 0.565. The number of nitrogens with one attached hydrogen (secondary N) is 1. The third-order valence-corrected chi connectivity index (χ3v) is 8.53. The number of aryl methyl sites for hydroxylation is 1. The van der Waals surface area contributed by atoms with Gasteiger partial charge in [0.05, 0.1) is 4.90 Å². The Morgan fingerprint density at radius 1 is 1.06 bits per heavy atom. The number of rotatable bonds is 5. The normalized spacial score (nSPS) is 19.1. The fourth-order valence-electron chi connectivity index (χ4n) is 4.93. The second-order valence-electron chi connectivity index (χ2n) is 9.05. The number of para-hydroxylation sites is 1. The summed E-state index contributed by atoms with van der Waals surface area (Å²) < 4.78 is 28.7. The molecule has 9 heteroatoms. The van der Waals surface area contributed by atoms with Crippen LogP contribution < -0.4 is 9.62 Å². The van der Waals surface area contributed by atoms with Crippen molar-refractivity contribution in [2.24, 2.45) is 0 Å². The molecule has 35 heavy (non-hydrogen) atoms. The number of hydrogen-bond donors (Lipinski definition) is 1. The van der Waals surface area contributed by atoms with Gasteiger partial charge in [-0.1, -0.05) is 41.9 Å². The van der Waals surface area contributed by atoms with Crippen molar-refractivity contribution in [3.8, 4) is 0 Å². The number of benzene rings is 3. The van der Waals surface area contributed by atoms with E-state index in [0.717, 1.165) is 34.9 Å². The Balaban J connectivity index is 1.30. The highest BCUT2D eigenvalue weighted by atomic mass is 35.5. The summed E-state index contributed by atoms with van der Waals surface area (Å²) >= 11 is 6.01. The largest absolute Gasteiger partial charge is 0.329 e. The summed E-state index contributed by atoms with van der Waals surface area (Å²) in [6.45, 7) is 2.62. The first-order valence-electron chi connectivity index (χ1n) is 11.7. The molecule has 2 heterocycles. The maximum absolute atomic E-state index is 13.3. The minimum Gasteiger partial charge on any atom is -0.329 e. The van der Waals surface area contributed by atoms with Crippen LogP contribution in [0.2, 0.25) is 5.02 Å². The number of halogens is 1. The summed E-state index contributed by atoms with van der Waals surface area (Å²) in [5.41, 5.74) is 2.01. The number of sulfonamides is 1. The number of fused-ring (bicyclic) bond motifs is 2. The first kappa shape index (κ1) is 23.8. The highest BCUT2D eigenvalue weighted by molar-refractivity contribution is 7.89. The molecule has 1 saturated heterocycles. The molecule has 7 nitrogen and oxygen atoms in total. The number of anilines is 1. The molecule has 0 unspecified atom stereocenters. The minimum atomic E-state index is -3.93. The van der Waals surface area contributed by atoms with E-state index in [2.05, 4.69) is 4.72 Å². The van der Waals surface area contributed by atoms with Gasteiger partial charge in [0.25, 0.3) is 0 Å². The van der Waals surface area contributed by atoms with E-state index in [0.29, 0.717) is 24.5 Å². The zero-order valence-electron chi connectivity index (χ0n) is 19.3. The van der Waals surface area contributed by atoms with Gasteiger partial charge in [0.15, 0.2) is 0 Å². The van der Waals surface area contributed by atoms with Crippen molar-refractivity contribution in [3.63, 3.8) is 0 Å². The third-order valence-electron chi connectivity index (χ3n) is 6.82. The van der Waals surface area contributed by atoms with Gasteiger partial charge in [0.1, 0.15) is 12.1 Å². The maximum atomic E-state index is 13.3. The lowest BCUT2D eigenvalue weighted by atomic mass is 10.0. The van der Waals surface area contributed by atoms with Crippen LogP contribution in [-0.4, -0.2) is 50.3 Å². The predicted octanol–water partition coefficient (Wildman–Crippen LogP) is 3.74. The maximum Gasteiger partial charge on any atom is 0.249 e. The molecule has 0 saturated carbocycles. The van der Waals surface area contributed by atoms with Crippen LogP contribution >= 0.6 is 11.6 Å². The second-order valence-corrected chi connectivity index (χ2v) is 11.2. The summed E-state index contributed by atoms with van der Waals surface area (Å²) in [6.07, 6.45) is 2.09. The number of carbonyl (C=O) groups excluding carboxylic acids is 2. The molecule has 5 rings (SSSR count). The van der Waals surface area contributed by atoms with E-state index >= 15 is 0 Å². The number of hydrogen-bond acceptors (Lipinski definition) is 4. The van der Waals surface area contributed by atoms with Gasteiger partial charge in [0.2, 0.25) is 21.8 Å². The molecule has 2 atom stereocenters. The average molecular weight is 512 g/mol. The van der Waals surface area contributed by atoms with Crippen LogP contribution in [0.15, 0.2) is 65.6 Å². The van der Waals surface area contributed by atoms with Crippen molar-refractivity contribution in [1.29, 1.82) is 0 Å². The molecule has 0 bridgehead atoms. The molecule has 0 radical (unpaired) electrons. The SMILES string of the molecule is C[C@@H](C(=O)N1CCCc2ccccc21)N1CC[C@H](NS(=O)(=O)c2ccc3cc(Cl)ccc3c2)C1=O. The summed E-state index contributed by atoms with van der Waals surface area (Å²) in [5.74, 6) is -0.533. The second kappa shape index (κ2) is 9.26. The topological polar surface area (TPSA) is 86.8 Å². The molecule has 1 N–H and O–H groups in total. The molecule has 2 aliphatic rings. The van der Waals surface area contributed by atoms with Gasteiger partial charge in [-0.05, 0) is 72.9 Å². The summed E-state index contributed by atoms with van der Waals surface area (Å²) in [7, 11) is -3.93. The monoisotopic (exact) mass is 511 g/mol. The Bertz CT molecular complexity index is 1430. The highest BCUT2D eigenvalue weighted by Gasteiger charge is 2.40. The van der Waals surface area contributed by atoms with Crippen LogP contribution in [0.25, 0.3) is 10.8 Å². The first-order valence-corrected chi connectivity index (χ1v) is 13.5. The number of nitrogens with zero attached hydrogens (tertiary/aromatic N) is 2. The fourth-order valence-corrected chi connectivity index (χ4v) is 6.37. The molecular formula is C26H26ClN3O4S. The number of amides is 2. The van der Waals surface area contributed by atoms with Crippen LogP contribution in [0.3, 0.4) is 0 Å². The summed E-state index contributed by atoms with van der Waals surface area (Å²) in [5, 5.41) is 2.13. The average Bonchev–Trinajstić information content (AvgIpc) is 3.21. The first-order chi connectivity index (χ1) is 16.7. The van der Waals surface area contributed by atoms with E-state index in [4.69, 9.17) is 11.6 Å². The molecule has 2 aliphatic heterocycles. The van der Waals surface area contributed by atoms with E-state index in [-0.39, 0.29) is 16.7 Å². The van der Waals surface area contributed by atoms with E-state index in [1.807, 2.05) is 24.3 Å². The van der Waals surface area contributed by atoms with Crippen LogP contribution in [0.1, 0.15) is 25.3 Å². The third kappa shape index (κ3) is 4.53. The molecule has 0 spiro atoms. The Morgan fingerprint density at radius 2 is 1.80 bits per heavy atom. The lowest BCUT2D eigenvalue weighted by molar-refractivity contribution is -0.136. The minimum absolute atomic E-state index is 0.0765. The Hall–Kier alpha value is -2.94. The van der Waals surface area contributed by atoms with Crippen LogP contribution in [-0.2, 0) is 26.0 Å². The van der Waals surface area contributed by atoms with Crippen LogP contribution in [0.4, 0.5) is 5.69 Å². The molecule has 3 aromatic rings. The molecular weight excluding hydrogens is 486 g/mol. The van der Waals surface area contributed by atoms with Gasteiger partial charge in [-0.2, -0.15) is 4.72 Å². The van der Waals surface area contributed by atoms with Crippen molar-refractivity contribution in [3.05, 3.63) is 71.2 Å². The smallest absolute Gasteiger partial charge is 0.249 e. The van der Waals surface area contributed by atoms with Crippen LogP contribution in [0, 0.1) is 0 Å². The number of carbonyl (C=O) groups is 2. The van der Waals surface area contributed by atoms with Crippen molar-refractivity contribution < 1.29 is 18.0 Å². The zero-order chi connectivity index (χ0) is 24.7. The fraction of sp³-hybridized carbons (Fsp3) is 0.308. The zero-order valence-corrected chi connectivity index (χ0v) is 20.8. The Labute approximate surface area is 209 Å². The van der Waals surface area contributed by atoms with Crippen molar-refractivity contribution in [2.45, 2.75) is 43.2 Å². The van der Waals surface area contributed by atoms with Crippen molar-refractivity contribution in [1.82, 2.24) is 9.62 Å². The molecule has 2 amide bonds. The molecule has 3 aromatic carbocycles. The standard InChI is InChI=1S/C26H26ClN3O4S/c1-17(25(31)30-13-4-6-18-5-2-3-7-24(18)30)29-14-12-23(26(29)32)28-35(33,34)22-11-9-19-15-21(27)10-8-20(19)16-22/h2-3,5,7-11,15-17,23,28H,4,6,12-14H2,1H3/t17-,23-/m0/s1. The molecule has 0 aromatic heterocycles. The lowest BCUT2D eigenvalue weighted by Gasteiger charge is -2.34. The van der Waals surface area contributed by atoms with Gasteiger partial charge in [0, 0.05) is 23.8 Å². The van der Waals surface area contributed by atoms with Gasteiger partial charge in [-0.15, -0.1) is 0 Å². The Kier molecular flexibility index (Phi) is 6.29. The Morgan fingerprint density at radius 3 is 2.63 bits per heavy atom. The van der Waals surface area contributed by atoms with E-state index in [1.54, 1.807) is 42.2 Å². The number of likely N-dealkylation sites (tertiary alicyclic amines) is 1. The van der Waals surface area contributed by atoms with Gasteiger partial charge >= 0.3 is 0 Å².